The Hall–Kier alpha value is -1.56. The van der Waals surface area contributed by atoms with Gasteiger partial charge in [0.25, 0.3) is 5.78 Å². The van der Waals surface area contributed by atoms with Crippen molar-refractivity contribution in [2.24, 2.45) is 0 Å². The van der Waals surface area contributed by atoms with Gasteiger partial charge in [-0.1, -0.05) is 5.10 Å². The molecular weight excluding hydrogens is 192 g/mol. The van der Waals surface area contributed by atoms with Crippen LogP contribution in [-0.2, 0) is 0 Å². The highest BCUT2D eigenvalue weighted by molar-refractivity contribution is 5.26. The fraction of sp³-hybridized carbons (Fsp3) is 0.556. The van der Waals surface area contributed by atoms with Gasteiger partial charge in [-0.05, 0) is 42.4 Å². The molecule has 2 aromatic rings. The number of fused-ring (bicyclic) bond motifs is 1. The van der Waals surface area contributed by atoms with Crippen LogP contribution in [0.15, 0.2) is 12.3 Å². The summed E-state index contributed by atoms with van der Waals surface area (Å²) in [6.45, 7) is 2.13. The van der Waals surface area contributed by atoms with Crippen molar-refractivity contribution in [1.29, 1.82) is 0 Å². The number of aromatic nitrogens is 5. The van der Waals surface area contributed by atoms with E-state index in [1.807, 2.05) is 6.07 Å². The van der Waals surface area contributed by atoms with Crippen LogP contribution in [0.4, 0.5) is 0 Å². The zero-order valence-electron chi connectivity index (χ0n) is 8.30. The van der Waals surface area contributed by atoms with Crippen molar-refractivity contribution < 1.29 is 0 Å². The van der Waals surface area contributed by atoms with E-state index < -0.39 is 0 Å². The first-order chi connectivity index (χ1) is 7.45. The molecule has 3 heterocycles. The quantitative estimate of drug-likeness (QED) is 0.707. The van der Waals surface area contributed by atoms with Crippen LogP contribution in [0.5, 0.6) is 0 Å². The molecule has 0 atom stereocenters. The number of rotatable bonds is 1. The van der Waals surface area contributed by atoms with Gasteiger partial charge in [0.05, 0.1) is 5.69 Å². The second-order valence-electron chi connectivity index (χ2n) is 3.78. The highest BCUT2D eigenvalue weighted by atomic mass is 15.5. The molecule has 0 spiro atoms. The smallest absolute Gasteiger partial charge is 0.273 e. The topological polar surface area (TPSA) is 68.0 Å². The van der Waals surface area contributed by atoms with Gasteiger partial charge in [0.15, 0.2) is 0 Å². The van der Waals surface area contributed by atoms with Gasteiger partial charge in [-0.2, -0.15) is 4.52 Å². The van der Waals surface area contributed by atoms with E-state index in [1.165, 1.54) is 5.69 Å². The summed E-state index contributed by atoms with van der Waals surface area (Å²) in [5.41, 5.74) is 1.17. The van der Waals surface area contributed by atoms with Crippen LogP contribution in [-0.4, -0.2) is 38.1 Å². The van der Waals surface area contributed by atoms with E-state index in [2.05, 4.69) is 25.8 Å². The maximum atomic E-state index is 4.11. The summed E-state index contributed by atoms with van der Waals surface area (Å²) in [4.78, 5) is 4.11. The average molecular weight is 204 g/mol. The number of nitrogens with zero attached hydrogens (tertiary/aromatic N) is 5. The monoisotopic (exact) mass is 204 g/mol. The molecule has 78 valence electrons. The number of piperidine rings is 1. The van der Waals surface area contributed by atoms with Crippen LogP contribution in [0, 0.1) is 0 Å². The zero-order chi connectivity index (χ0) is 10.1. The van der Waals surface area contributed by atoms with E-state index in [1.54, 1.807) is 10.7 Å². The lowest BCUT2D eigenvalue weighted by Crippen LogP contribution is -2.27. The largest absolute Gasteiger partial charge is 0.317 e. The molecule has 15 heavy (non-hydrogen) atoms. The first-order valence-electron chi connectivity index (χ1n) is 5.19. The normalized spacial score (nSPS) is 18.4. The van der Waals surface area contributed by atoms with Gasteiger partial charge in [-0.15, -0.1) is 0 Å². The first kappa shape index (κ1) is 8.72. The van der Waals surface area contributed by atoms with E-state index in [0.29, 0.717) is 11.7 Å². The molecule has 0 aromatic carbocycles. The predicted molar refractivity (Wildman–Crippen MR) is 53.4 cm³/mol. The lowest BCUT2D eigenvalue weighted by molar-refractivity contribution is 0.445. The molecule has 1 aliphatic rings. The van der Waals surface area contributed by atoms with E-state index in [0.717, 1.165) is 25.9 Å². The molecule has 0 amide bonds. The van der Waals surface area contributed by atoms with Gasteiger partial charge in [0.2, 0.25) is 0 Å². The van der Waals surface area contributed by atoms with Crippen LogP contribution < -0.4 is 5.32 Å². The molecule has 0 saturated carbocycles. The van der Waals surface area contributed by atoms with Crippen LogP contribution in [0.1, 0.15) is 24.5 Å². The SMILES string of the molecule is c1cc(C2CCNCC2)n2nnnc2n1. The summed E-state index contributed by atoms with van der Waals surface area (Å²) in [5, 5.41) is 14.8. The van der Waals surface area contributed by atoms with E-state index in [-0.39, 0.29) is 0 Å². The molecule has 6 heteroatoms. The van der Waals surface area contributed by atoms with Crippen molar-refractivity contribution in [2.45, 2.75) is 18.8 Å². The summed E-state index contributed by atoms with van der Waals surface area (Å²) >= 11 is 0. The van der Waals surface area contributed by atoms with Crippen molar-refractivity contribution in [3.05, 3.63) is 18.0 Å². The third-order valence-corrected chi connectivity index (χ3v) is 2.89. The molecule has 0 aliphatic carbocycles. The second kappa shape index (κ2) is 3.54. The molecule has 2 aromatic heterocycles. The first-order valence-corrected chi connectivity index (χ1v) is 5.19. The Morgan fingerprint density at radius 1 is 1.33 bits per heavy atom. The Bertz CT molecular complexity index is 458. The van der Waals surface area contributed by atoms with Crippen LogP contribution in [0.25, 0.3) is 5.78 Å². The Labute approximate surface area is 86.7 Å². The lowest BCUT2D eigenvalue weighted by Gasteiger charge is -2.22. The van der Waals surface area contributed by atoms with Crippen molar-refractivity contribution in [2.75, 3.05) is 13.1 Å². The van der Waals surface area contributed by atoms with Gasteiger partial charge in [0.1, 0.15) is 0 Å². The highest BCUT2D eigenvalue weighted by Gasteiger charge is 2.18. The van der Waals surface area contributed by atoms with Gasteiger partial charge in [-0.3, -0.25) is 0 Å². The Morgan fingerprint density at radius 2 is 2.20 bits per heavy atom. The molecule has 1 aliphatic heterocycles. The summed E-state index contributed by atoms with van der Waals surface area (Å²) < 4.78 is 1.75. The number of tetrazole rings is 1. The summed E-state index contributed by atoms with van der Waals surface area (Å²) in [6, 6.07) is 2.01. The molecule has 0 radical (unpaired) electrons. The minimum atomic E-state index is 0.542. The van der Waals surface area contributed by atoms with Crippen molar-refractivity contribution in [3.8, 4) is 0 Å². The average Bonchev–Trinajstić information content (AvgIpc) is 2.78. The zero-order valence-corrected chi connectivity index (χ0v) is 8.30. The summed E-state index contributed by atoms with van der Waals surface area (Å²) in [6.07, 6.45) is 4.06. The minimum absolute atomic E-state index is 0.542. The van der Waals surface area contributed by atoms with E-state index in [4.69, 9.17) is 0 Å². The molecule has 1 N–H and O–H groups in total. The van der Waals surface area contributed by atoms with Crippen molar-refractivity contribution >= 4 is 5.78 Å². The second-order valence-corrected chi connectivity index (χ2v) is 3.78. The van der Waals surface area contributed by atoms with Crippen LogP contribution in [0.3, 0.4) is 0 Å². The maximum absolute atomic E-state index is 4.11. The predicted octanol–water partition coefficient (Wildman–Crippen LogP) is -0.0137. The van der Waals surface area contributed by atoms with E-state index in [9.17, 15) is 0 Å². The summed E-state index contributed by atoms with van der Waals surface area (Å²) in [5.74, 6) is 1.13. The lowest BCUT2D eigenvalue weighted by atomic mass is 9.94. The fourth-order valence-corrected chi connectivity index (χ4v) is 2.11. The van der Waals surface area contributed by atoms with E-state index >= 15 is 0 Å². The third-order valence-electron chi connectivity index (χ3n) is 2.89. The molecule has 3 rings (SSSR count). The van der Waals surface area contributed by atoms with Gasteiger partial charge in [0, 0.05) is 12.1 Å². The molecule has 1 fully saturated rings. The maximum Gasteiger partial charge on any atom is 0.273 e. The molecule has 6 nitrogen and oxygen atoms in total. The van der Waals surface area contributed by atoms with Crippen molar-refractivity contribution in [1.82, 2.24) is 30.3 Å². The van der Waals surface area contributed by atoms with Crippen LogP contribution in [0.2, 0.25) is 0 Å². The molecule has 0 bridgehead atoms. The fourth-order valence-electron chi connectivity index (χ4n) is 2.11. The molecule has 0 unspecified atom stereocenters. The van der Waals surface area contributed by atoms with Crippen LogP contribution >= 0.6 is 0 Å². The number of nitrogens with one attached hydrogen (secondary N) is 1. The van der Waals surface area contributed by atoms with Gasteiger partial charge >= 0.3 is 0 Å². The standard InChI is InChI=1S/C9H12N6/c1-4-10-5-2-7(1)8-3-6-11-9-12-13-14-15(8)9/h3,6-7,10H,1-2,4-5H2. The minimum Gasteiger partial charge on any atom is -0.317 e. The molecular formula is C9H12N6. The molecule has 1 saturated heterocycles. The van der Waals surface area contributed by atoms with Crippen molar-refractivity contribution in [3.63, 3.8) is 0 Å². The Balaban J connectivity index is 2.05. The highest BCUT2D eigenvalue weighted by Crippen LogP contribution is 2.23. The Kier molecular flexibility index (Phi) is 2.06. The van der Waals surface area contributed by atoms with Gasteiger partial charge in [-0.25, -0.2) is 4.98 Å². The number of hydrogen-bond donors (Lipinski definition) is 1. The number of hydrogen-bond acceptors (Lipinski definition) is 5. The van der Waals surface area contributed by atoms with Gasteiger partial charge < -0.3 is 5.32 Å². The summed E-state index contributed by atoms with van der Waals surface area (Å²) in [7, 11) is 0. The third kappa shape index (κ3) is 1.46. The Morgan fingerprint density at radius 3 is 3.07 bits per heavy atom.